The first kappa shape index (κ1) is 13.5. The van der Waals surface area contributed by atoms with Crippen molar-refractivity contribution in [2.24, 2.45) is 0 Å². The summed E-state index contributed by atoms with van der Waals surface area (Å²) in [7, 11) is 1.96. The highest BCUT2D eigenvalue weighted by Crippen LogP contribution is 2.20. The molecule has 1 aromatic rings. The smallest absolute Gasteiger partial charge is 0.134 e. The molecular weight excluding hydrogens is 222 g/mol. The Morgan fingerprint density at radius 2 is 2.12 bits per heavy atom. The first-order valence-electron chi connectivity index (χ1n) is 5.89. The summed E-state index contributed by atoms with van der Waals surface area (Å²) >= 11 is 1.68. The molecule has 0 saturated carbocycles. The van der Waals surface area contributed by atoms with Gasteiger partial charge in [0, 0.05) is 13.0 Å². The van der Waals surface area contributed by atoms with Gasteiger partial charge in [-0.3, -0.25) is 0 Å². The minimum absolute atomic E-state index is 0.336. The van der Waals surface area contributed by atoms with Gasteiger partial charge in [-0.15, -0.1) is 10.2 Å². The van der Waals surface area contributed by atoms with Gasteiger partial charge in [0.15, 0.2) is 0 Å². The zero-order valence-electron chi connectivity index (χ0n) is 10.3. The molecule has 0 aliphatic heterocycles. The van der Waals surface area contributed by atoms with E-state index in [2.05, 4.69) is 29.4 Å². The van der Waals surface area contributed by atoms with E-state index in [1.165, 1.54) is 0 Å². The lowest BCUT2D eigenvalue weighted by Crippen LogP contribution is -2.14. The SMILES string of the molecule is CCCOCCc1nnc(C(CC)NC)s1. The Morgan fingerprint density at radius 3 is 2.75 bits per heavy atom. The second-order valence-electron chi connectivity index (χ2n) is 3.65. The third kappa shape index (κ3) is 4.15. The highest BCUT2D eigenvalue weighted by Gasteiger charge is 2.12. The highest BCUT2D eigenvalue weighted by molar-refractivity contribution is 7.11. The number of ether oxygens (including phenoxy) is 1. The van der Waals surface area contributed by atoms with Crippen LogP contribution < -0.4 is 5.32 Å². The van der Waals surface area contributed by atoms with Crippen molar-refractivity contribution >= 4 is 11.3 Å². The molecule has 0 amide bonds. The Hall–Kier alpha value is -0.520. The van der Waals surface area contributed by atoms with E-state index in [0.29, 0.717) is 6.04 Å². The molecule has 0 aliphatic rings. The molecule has 1 unspecified atom stereocenters. The van der Waals surface area contributed by atoms with E-state index in [4.69, 9.17) is 4.74 Å². The summed E-state index contributed by atoms with van der Waals surface area (Å²) in [5.41, 5.74) is 0. The molecule has 92 valence electrons. The van der Waals surface area contributed by atoms with E-state index in [1.54, 1.807) is 11.3 Å². The minimum Gasteiger partial charge on any atom is -0.381 e. The summed E-state index contributed by atoms with van der Waals surface area (Å²) in [6.45, 7) is 5.84. The van der Waals surface area contributed by atoms with E-state index in [0.717, 1.165) is 42.5 Å². The molecule has 1 heterocycles. The van der Waals surface area contributed by atoms with Crippen molar-refractivity contribution in [2.45, 2.75) is 39.2 Å². The number of rotatable bonds is 8. The standard InChI is InChI=1S/C11H21N3OS/c1-4-7-15-8-6-10-13-14-11(16-10)9(5-2)12-3/h9,12H,4-8H2,1-3H3. The van der Waals surface area contributed by atoms with Crippen LogP contribution in [-0.4, -0.2) is 30.5 Å². The van der Waals surface area contributed by atoms with E-state index in [9.17, 15) is 0 Å². The van der Waals surface area contributed by atoms with Gasteiger partial charge >= 0.3 is 0 Å². The maximum absolute atomic E-state index is 5.43. The van der Waals surface area contributed by atoms with E-state index in [-0.39, 0.29) is 0 Å². The number of nitrogens with one attached hydrogen (secondary N) is 1. The van der Waals surface area contributed by atoms with Gasteiger partial charge in [-0.2, -0.15) is 0 Å². The summed E-state index contributed by atoms with van der Waals surface area (Å²) in [6.07, 6.45) is 2.98. The first-order valence-corrected chi connectivity index (χ1v) is 6.70. The lowest BCUT2D eigenvalue weighted by Gasteiger charge is -2.07. The van der Waals surface area contributed by atoms with Gasteiger partial charge in [0.1, 0.15) is 10.0 Å². The van der Waals surface area contributed by atoms with Crippen molar-refractivity contribution in [3.8, 4) is 0 Å². The van der Waals surface area contributed by atoms with Crippen molar-refractivity contribution in [2.75, 3.05) is 20.3 Å². The molecule has 16 heavy (non-hydrogen) atoms. The topological polar surface area (TPSA) is 47.0 Å². The van der Waals surface area contributed by atoms with Crippen LogP contribution in [0.3, 0.4) is 0 Å². The van der Waals surface area contributed by atoms with Crippen LogP contribution in [0, 0.1) is 0 Å². The molecule has 0 bridgehead atoms. The van der Waals surface area contributed by atoms with Crippen LogP contribution >= 0.6 is 11.3 Å². The number of hydrogen-bond donors (Lipinski definition) is 1. The normalized spacial score (nSPS) is 12.9. The van der Waals surface area contributed by atoms with Crippen LogP contribution in [0.5, 0.6) is 0 Å². The summed E-state index contributed by atoms with van der Waals surface area (Å²) in [4.78, 5) is 0. The molecule has 0 aromatic carbocycles. The summed E-state index contributed by atoms with van der Waals surface area (Å²) < 4.78 is 5.43. The highest BCUT2D eigenvalue weighted by atomic mass is 32.1. The second kappa shape index (κ2) is 7.70. The Morgan fingerprint density at radius 1 is 1.31 bits per heavy atom. The molecule has 1 rings (SSSR count). The van der Waals surface area contributed by atoms with Crippen LogP contribution in [0.25, 0.3) is 0 Å². The summed E-state index contributed by atoms with van der Waals surface area (Å²) in [6, 6.07) is 0.336. The summed E-state index contributed by atoms with van der Waals surface area (Å²) in [5.74, 6) is 0. The fourth-order valence-electron chi connectivity index (χ4n) is 1.42. The van der Waals surface area contributed by atoms with E-state index >= 15 is 0 Å². The fourth-order valence-corrected chi connectivity index (χ4v) is 2.43. The monoisotopic (exact) mass is 243 g/mol. The first-order chi connectivity index (χ1) is 7.81. The molecule has 0 spiro atoms. The largest absolute Gasteiger partial charge is 0.381 e. The molecule has 5 heteroatoms. The average molecular weight is 243 g/mol. The van der Waals surface area contributed by atoms with Gasteiger partial charge in [-0.25, -0.2) is 0 Å². The lowest BCUT2D eigenvalue weighted by molar-refractivity contribution is 0.138. The third-order valence-electron chi connectivity index (χ3n) is 2.35. The number of nitrogens with zero attached hydrogens (tertiary/aromatic N) is 2. The maximum Gasteiger partial charge on any atom is 0.134 e. The van der Waals surface area contributed by atoms with Crippen LogP contribution in [0.4, 0.5) is 0 Å². The molecule has 1 atom stereocenters. The van der Waals surface area contributed by atoms with Gasteiger partial charge < -0.3 is 10.1 Å². The zero-order chi connectivity index (χ0) is 11.8. The Bertz CT molecular complexity index is 287. The third-order valence-corrected chi connectivity index (χ3v) is 3.44. The van der Waals surface area contributed by atoms with Crippen molar-refractivity contribution in [1.82, 2.24) is 15.5 Å². The van der Waals surface area contributed by atoms with Crippen molar-refractivity contribution in [3.05, 3.63) is 10.0 Å². The molecule has 0 radical (unpaired) electrons. The van der Waals surface area contributed by atoms with Gasteiger partial charge in [-0.05, 0) is 19.9 Å². The summed E-state index contributed by atoms with van der Waals surface area (Å²) in [5, 5.41) is 13.8. The average Bonchev–Trinajstić information content (AvgIpc) is 2.75. The quantitative estimate of drug-likeness (QED) is 0.711. The Balaban J connectivity index is 2.38. The van der Waals surface area contributed by atoms with Gasteiger partial charge in [0.05, 0.1) is 12.6 Å². The van der Waals surface area contributed by atoms with Gasteiger partial charge in [-0.1, -0.05) is 25.2 Å². The zero-order valence-corrected chi connectivity index (χ0v) is 11.1. The fraction of sp³-hybridized carbons (Fsp3) is 0.818. The molecule has 0 fully saturated rings. The minimum atomic E-state index is 0.336. The predicted octanol–water partition coefficient (Wildman–Crippen LogP) is 2.18. The van der Waals surface area contributed by atoms with Crippen LogP contribution in [0.2, 0.25) is 0 Å². The van der Waals surface area contributed by atoms with Crippen molar-refractivity contribution < 1.29 is 4.74 Å². The number of hydrogen-bond acceptors (Lipinski definition) is 5. The molecular formula is C11H21N3OS. The van der Waals surface area contributed by atoms with Gasteiger partial charge in [0.25, 0.3) is 0 Å². The maximum atomic E-state index is 5.43. The molecule has 0 saturated heterocycles. The lowest BCUT2D eigenvalue weighted by atomic mass is 10.2. The van der Waals surface area contributed by atoms with Crippen LogP contribution in [0.15, 0.2) is 0 Å². The van der Waals surface area contributed by atoms with E-state index < -0.39 is 0 Å². The van der Waals surface area contributed by atoms with Crippen molar-refractivity contribution in [1.29, 1.82) is 0 Å². The van der Waals surface area contributed by atoms with Crippen molar-refractivity contribution in [3.63, 3.8) is 0 Å². The molecule has 0 aliphatic carbocycles. The second-order valence-corrected chi connectivity index (χ2v) is 4.74. The van der Waals surface area contributed by atoms with Crippen LogP contribution in [-0.2, 0) is 11.2 Å². The van der Waals surface area contributed by atoms with Gasteiger partial charge in [0.2, 0.25) is 0 Å². The molecule has 1 N–H and O–H groups in total. The van der Waals surface area contributed by atoms with E-state index in [1.807, 2.05) is 7.05 Å². The Labute approximate surface area is 101 Å². The Kier molecular flexibility index (Phi) is 6.52. The molecule has 4 nitrogen and oxygen atoms in total. The van der Waals surface area contributed by atoms with Crippen LogP contribution in [0.1, 0.15) is 42.7 Å². The molecule has 1 aromatic heterocycles. The number of aromatic nitrogens is 2. The predicted molar refractivity (Wildman–Crippen MR) is 66.8 cm³/mol.